The number of ether oxygens (including phenoxy) is 3. The van der Waals surface area contributed by atoms with Crippen LogP contribution in [0, 0.1) is 11.3 Å². The Kier molecular flexibility index (Phi) is 6.96. The average Bonchev–Trinajstić information content (AvgIpc) is 2.86. The Morgan fingerprint density at radius 1 is 1.16 bits per heavy atom. The van der Waals surface area contributed by atoms with Gasteiger partial charge in [-0.25, -0.2) is 0 Å². The molecule has 0 radical (unpaired) electrons. The molecule has 1 N–H and O–H groups in total. The number of nitrogens with zero attached hydrogens (tertiary/aromatic N) is 1. The Hall–Kier alpha value is -3.22. The summed E-state index contributed by atoms with van der Waals surface area (Å²) in [7, 11) is 3.01. The largest absolute Gasteiger partial charge is 0.496 e. The van der Waals surface area contributed by atoms with Gasteiger partial charge in [0.1, 0.15) is 29.4 Å². The van der Waals surface area contributed by atoms with Crippen molar-refractivity contribution in [2.24, 2.45) is 11.3 Å². The summed E-state index contributed by atoms with van der Waals surface area (Å²) in [5.41, 5.74) is 0.930. The van der Waals surface area contributed by atoms with Crippen LogP contribution in [0.3, 0.4) is 0 Å². The fourth-order valence-electron chi connectivity index (χ4n) is 3.60. The summed E-state index contributed by atoms with van der Waals surface area (Å²) in [4.78, 5) is 28.0. The molecule has 1 aliphatic rings. The van der Waals surface area contributed by atoms with Crippen molar-refractivity contribution in [2.75, 3.05) is 37.6 Å². The molecule has 1 aliphatic heterocycles. The van der Waals surface area contributed by atoms with Gasteiger partial charge in [-0.1, -0.05) is 19.9 Å². The van der Waals surface area contributed by atoms with E-state index in [0.29, 0.717) is 46.6 Å². The van der Waals surface area contributed by atoms with Crippen LogP contribution in [0.4, 0.5) is 11.4 Å². The number of anilines is 2. The van der Waals surface area contributed by atoms with Crippen molar-refractivity contribution >= 4 is 23.2 Å². The molecule has 0 aromatic heterocycles. The highest BCUT2D eigenvalue weighted by Gasteiger charge is 2.37. The van der Waals surface area contributed by atoms with Crippen LogP contribution in [0.1, 0.15) is 44.5 Å². The molecule has 3 rings (SSSR count). The van der Waals surface area contributed by atoms with Gasteiger partial charge in [0.05, 0.1) is 25.3 Å². The summed E-state index contributed by atoms with van der Waals surface area (Å²) < 4.78 is 16.7. The molecule has 172 valence electrons. The number of carbonyl (C=O) groups is 2. The van der Waals surface area contributed by atoms with Crippen LogP contribution in [0.2, 0.25) is 0 Å². The second kappa shape index (κ2) is 9.51. The molecule has 32 heavy (non-hydrogen) atoms. The van der Waals surface area contributed by atoms with Gasteiger partial charge in [-0.15, -0.1) is 0 Å². The van der Waals surface area contributed by atoms with Crippen LogP contribution in [0.15, 0.2) is 36.4 Å². The Morgan fingerprint density at radius 3 is 2.41 bits per heavy atom. The van der Waals surface area contributed by atoms with E-state index in [1.807, 2.05) is 19.9 Å². The Morgan fingerprint density at radius 2 is 1.81 bits per heavy atom. The van der Waals surface area contributed by atoms with E-state index in [9.17, 15) is 9.59 Å². The normalized spacial score (nSPS) is 15.0. The molecule has 7 nitrogen and oxygen atoms in total. The molecule has 0 unspecified atom stereocenters. The molecule has 2 aromatic carbocycles. The summed E-state index contributed by atoms with van der Waals surface area (Å²) in [5.74, 6) is 1.54. The van der Waals surface area contributed by atoms with Crippen LogP contribution in [-0.2, 0) is 4.79 Å². The molecule has 1 heterocycles. The molecule has 0 aliphatic carbocycles. The molecular weight excluding hydrogens is 408 g/mol. The van der Waals surface area contributed by atoms with E-state index in [4.69, 9.17) is 14.2 Å². The van der Waals surface area contributed by atoms with Gasteiger partial charge in [0.15, 0.2) is 0 Å². The standard InChI is InChI=1S/C25H32N2O5/c1-16(2)12-13-27-18-11-10-17(14-21(18)32-15-25(3,4)24(27)29)26-23(28)22-19(30-5)8-7-9-20(22)31-6/h7-11,14,16H,12-13,15H2,1-6H3,(H,26,28). The van der Waals surface area contributed by atoms with Gasteiger partial charge in [0, 0.05) is 18.3 Å². The molecule has 0 atom stereocenters. The van der Waals surface area contributed by atoms with Crippen molar-refractivity contribution in [1.82, 2.24) is 0 Å². The van der Waals surface area contributed by atoms with E-state index in [2.05, 4.69) is 19.2 Å². The number of hydrogen-bond donors (Lipinski definition) is 1. The number of fused-ring (bicyclic) bond motifs is 1. The minimum atomic E-state index is -0.649. The van der Waals surface area contributed by atoms with E-state index in [1.165, 1.54) is 14.2 Å². The summed E-state index contributed by atoms with van der Waals surface area (Å²) in [6.45, 7) is 8.92. The van der Waals surface area contributed by atoms with Gasteiger partial charge in [-0.3, -0.25) is 9.59 Å². The third-order valence-electron chi connectivity index (χ3n) is 5.51. The third kappa shape index (κ3) is 4.82. The van der Waals surface area contributed by atoms with Crippen LogP contribution >= 0.6 is 0 Å². The SMILES string of the molecule is COc1cccc(OC)c1C(=O)Nc1ccc2c(c1)OCC(C)(C)C(=O)N2CCC(C)C. The van der Waals surface area contributed by atoms with Crippen molar-refractivity contribution < 1.29 is 23.8 Å². The van der Waals surface area contributed by atoms with Crippen LogP contribution in [0.5, 0.6) is 17.2 Å². The van der Waals surface area contributed by atoms with Crippen molar-refractivity contribution in [1.29, 1.82) is 0 Å². The first-order chi connectivity index (χ1) is 15.2. The van der Waals surface area contributed by atoms with E-state index in [-0.39, 0.29) is 18.4 Å². The topological polar surface area (TPSA) is 77.1 Å². The number of amides is 2. The molecule has 0 saturated heterocycles. The lowest BCUT2D eigenvalue weighted by Crippen LogP contribution is -2.42. The van der Waals surface area contributed by atoms with Gasteiger partial charge in [-0.05, 0) is 50.5 Å². The maximum absolute atomic E-state index is 13.2. The highest BCUT2D eigenvalue weighted by Crippen LogP contribution is 2.39. The lowest BCUT2D eigenvalue weighted by Gasteiger charge is -2.28. The van der Waals surface area contributed by atoms with Crippen molar-refractivity contribution in [2.45, 2.75) is 34.1 Å². The summed E-state index contributed by atoms with van der Waals surface area (Å²) in [6.07, 6.45) is 0.882. The second-order valence-corrected chi connectivity index (χ2v) is 8.99. The number of hydrogen-bond acceptors (Lipinski definition) is 5. The maximum Gasteiger partial charge on any atom is 0.263 e. The smallest absolute Gasteiger partial charge is 0.263 e. The average molecular weight is 441 g/mol. The molecule has 0 fully saturated rings. The maximum atomic E-state index is 13.2. The Bertz CT molecular complexity index is 978. The first-order valence-electron chi connectivity index (χ1n) is 10.8. The summed E-state index contributed by atoms with van der Waals surface area (Å²) >= 11 is 0. The molecule has 0 bridgehead atoms. The first-order valence-corrected chi connectivity index (χ1v) is 10.8. The van der Waals surface area contributed by atoms with E-state index in [1.54, 1.807) is 35.2 Å². The molecule has 7 heteroatoms. The third-order valence-corrected chi connectivity index (χ3v) is 5.51. The highest BCUT2D eigenvalue weighted by molar-refractivity contribution is 6.08. The van der Waals surface area contributed by atoms with E-state index in [0.717, 1.165) is 6.42 Å². The quantitative estimate of drug-likeness (QED) is 0.672. The lowest BCUT2D eigenvalue weighted by molar-refractivity contribution is -0.127. The zero-order valence-corrected chi connectivity index (χ0v) is 19.7. The number of carbonyl (C=O) groups excluding carboxylic acids is 2. The minimum Gasteiger partial charge on any atom is -0.496 e. The predicted octanol–water partition coefficient (Wildman–Crippen LogP) is 4.75. The summed E-state index contributed by atoms with van der Waals surface area (Å²) in [5, 5.41) is 2.89. The van der Waals surface area contributed by atoms with Gasteiger partial charge >= 0.3 is 0 Å². The molecular formula is C25H32N2O5. The van der Waals surface area contributed by atoms with Crippen molar-refractivity contribution in [3.63, 3.8) is 0 Å². The number of nitrogens with one attached hydrogen (secondary N) is 1. The summed E-state index contributed by atoms with van der Waals surface area (Å²) in [6, 6.07) is 10.5. The Balaban J connectivity index is 1.92. The fraction of sp³-hybridized carbons (Fsp3) is 0.440. The van der Waals surface area contributed by atoms with Gasteiger partial charge < -0.3 is 24.4 Å². The second-order valence-electron chi connectivity index (χ2n) is 8.99. The van der Waals surface area contributed by atoms with Crippen LogP contribution in [0.25, 0.3) is 0 Å². The van der Waals surface area contributed by atoms with E-state index >= 15 is 0 Å². The fourth-order valence-corrected chi connectivity index (χ4v) is 3.60. The molecule has 0 spiro atoms. The Labute approximate surface area is 189 Å². The monoisotopic (exact) mass is 440 g/mol. The highest BCUT2D eigenvalue weighted by atomic mass is 16.5. The van der Waals surface area contributed by atoms with Crippen molar-refractivity contribution in [3.8, 4) is 17.2 Å². The minimum absolute atomic E-state index is 0.0347. The predicted molar refractivity (Wildman–Crippen MR) is 125 cm³/mol. The zero-order valence-electron chi connectivity index (χ0n) is 19.7. The lowest BCUT2D eigenvalue weighted by atomic mass is 9.92. The van der Waals surface area contributed by atoms with Crippen molar-refractivity contribution in [3.05, 3.63) is 42.0 Å². The molecule has 2 amide bonds. The molecule has 0 saturated carbocycles. The van der Waals surface area contributed by atoms with Gasteiger partial charge in [0.25, 0.3) is 5.91 Å². The van der Waals surface area contributed by atoms with Gasteiger partial charge in [-0.2, -0.15) is 0 Å². The van der Waals surface area contributed by atoms with Gasteiger partial charge in [0.2, 0.25) is 5.91 Å². The number of methoxy groups -OCH3 is 2. The number of rotatable bonds is 7. The molecule has 2 aromatic rings. The number of benzene rings is 2. The zero-order chi connectivity index (χ0) is 23.5. The van der Waals surface area contributed by atoms with E-state index < -0.39 is 5.41 Å². The van der Waals surface area contributed by atoms with Crippen LogP contribution in [-0.4, -0.2) is 39.2 Å². The first kappa shape index (κ1) is 23.4. The van der Waals surface area contributed by atoms with Crippen LogP contribution < -0.4 is 24.4 Å².